The lowest BCUT2D eigenvalue weighted by molar-refractivity contribution is 0.558. The van der Waals surface area contributed by atoms with Gasteiger partial charge < -0.3 is 18.6 Å². The topological polar surface area (TPSA) is 32.8 Å². The zero-order valence-corrected chi connectivity index (χ0v) is 47.6. The van der Waals surface area contributed by atoms with E-state index in [0.29, 0.717) is 0 Å². The van der Waals surface area contributed by atoms with E-state index in [9.17, 15) is 0 Å². The minimum absolute atomic E-state index is 0.0367. The number of aryl methyl sites for hydroxylation is 4. The summed E-state index contributed by atoms with van der Waals surface area (Å²) in [4.78, 5) is 4.95. The summed E-state index contributed by atoms with van der Waals surface area (Å²) in [7, 11) is 0. The van der Waals surface area contributed by atoms with Crippen molar-refractivity contribution < 1.29 is 8.83 Å². The minimum atomic E-state index is -0.135. The van der Waals surface area contributed by atoms with Crippen molar-refractivity contribution in [1.82, 2.24) is 0 Å². The predicted octanol–water partition coefficient (Wildman–Crippen LogP) is 21.7. The first-order valence-corrected chi connectivity index (χ1v) is 27.3. The van der Waals surface area contributed by atoms with Crippen LogP contribution in [0.2, 0.25) is 0 Å². The summed E-state index contributed by atoms with van der Waals surface area (Å²) < 4.78 is 14.6. The van der Waals surface area contributed by atoms with Crippen LogP contribution in [0.3, 0.4) is 0 Å². The second kappa shape index (κ2) is 17.0. The largest absolute Gasteiger partial charge is 0.454 e. The van der Waals surface area contributed by atoms with Crippen molar-refractivity contribution in [2.45, 2.75) is 132 Å². The van der Waals surface area contributed by atoms with Gasteiger partial charge in [-0.05, 0) is 153 Å². The Labute approximate surface area is 449 Å². The number of para-hydroxylation sites is 2. The number of anilines is 6. The lowest BCUT2D eigenvalue weighted by Gasteiger charge is -2.30. The van der Waals surface area contributed by atoms with E-state index in [4.69, 9.17) is 8.83 Å². The minimum Gasteiger partial charge on any atom is -0.454 e. The molecule has 0 aliphatic carbocycles. The Hall–Kier alpha value is -7.56. The molecule has 0 saturated carbocycles. The first-order chi connectivity index (χ1) is 35.9. The van der Waals surface area contributed by atoms with Crippen LogP contribution in [0, 0.1) is 27.7 Å². The van der Waals surface area contributed by atoms with Gasteiger partial charge in [-0.15, -0.1) is 0 Å². The highest BCUT2D eigenvalue weighted by Crippen LogP contribution is 2.53. The molecule has 0 unspecified atom stereocenters. The molecule has 0 amide bonds. The Balaban J connectivity index is 1.14. The lowest BCUT2D eigenvalue weighted by atomic mass is 9.79. The third kappa shape index (κ3) is 7.85. The highest BCUT2D eigenvalue weighted by Gasteiger charge is 2.31. The number of furan rings is 2. The number of benzene rings is 10. The van der Waals surface area contributed by atoms with E-state index in [1.54, 1.807) is 0 Å². The Bertz CT molecular complexity index is 4040. The molecule has 0 aliphatic rings. The van der Waals surface area contributed by atoms with Crippen LogP contribution < -0.4 is 9.80 Å². The molecule has 12 rings (SSSR count). The third-order valence-corrected chi connectivity index (χ3v) is 16.3. The lowest BCUT2D eigenvalue weighted by Crippen LogP contribution is -2.16. The van der Waals surface area contributed by atoms with Gasteiger partial charge in [0, 0.05) is 54.8 Å². The normalized spacial score (nSPS) is 13.0. The Kier molecular flexibility index (Phi) is 11.0. The van der Waals surface area contributed by atoms with E-state index in [0.717, 1.165) is 78.0 Å². The zero-order valence-electron chi connectivity index (χ0n) is 47.6. The smallest absolute Gasteiger partial charge is 0.159 e. The molecule has 2 aromatic heterocycles. The van der Waals surface area contributed by atoms with Crippen LogP contribution in [-0.4, -0.2) is 0 Å². The van der Waals surface area contributed by atoms with Gasteiger partial charge in [-0.25, -0.2) is 0 Å². The van der Waals surface area contributed by atoms with Crippen molar-refractivity contribution >= 4 is 110 Å². The van der Waals surface area contributed by atoms with Crippen LogP contribution in [0.5, 0.6) is 0 Å². The average Bonchev–Trinajstić information content (AvgIpc) is 3.99. The van der Waals surface area contributed by atoms with Gasteiger partial charge in [-0.2, -0.15) is 0 Å². The maximum Gasteiger partial charge on any atom is 0.159 e. The molecule has 0 fully saturated rings. The van der Waals surface area contributed by atoms with Crippen LogP contribution in [0.25, 0.3) is 76.2 Å². The van der Waals surface area contributed by atoms with Gasteiger partial charge in [-0.1, -0.05) is 180 Å². The van der Waals surface area contributed by atoms with Gasteiger partial charge in [-0.3, -0.25) is 0 Å². The molecule has 0 N–H and O–H groups in total. The van der Waals surface area contributed by atoms with Crippen molar-refractivity contribution in [3.05, 3.63) is 190 Å². The summed E-state index contributed by atoms with van der Waals surface area (Å²) in [5.41, 5.74) is 19.7. The first kappa shape index (κ1) is 49.3. The quantitative estimate of drug-likeness (QED) is 0.155. The summed E-state index contributed by atoms with van der Waals surface area (Å²) in [5.74, 6) is 0. The molecule has 12 aromatic rings. The van der Waals surface area contributed by atoms with Gasteiger partial charge in [0.1, 0.15) is 11.2 Å². The molecule has 382 valence electrons. The van der Waals surface area contributed by atoms with Crippen molar-refractivity contribution in [1.29, 1.82) is 0 Å². The Morgan fingerprint density at radius 1 is 0.303 bits per heavy atom. The fraction of sp³-hybridized carbons (Fsp3) is 0.278. The number of nitrogens with zero attached hydrogens (tertiary/aromatic N) is 2. The number of hydrogen-bond acceptors (Lipinski definition) is 4. The standard InChI is InChI=1S/C72H72N2O2/c1-41-23-25-43(3)61(35-41)73(59-21-17-19-49-53-37-47(69(5,6)7)39-55(71(11,12)13)65(53)75-67(49)59)57-33-29-45-28-32-52-58(34-30-46-27-31-51(57)63(45)64(46)52)74(62-36-42(2)24-26-44(62)4)60-22-18-20-50-54-38-48(70(8,9)10)40-56(72(14,15)16)66(54)76-68(50)60/h17-40H,1-16H3. The highest BCUT2D eigenvalue weighted by molar-refractivity contribution is 6.29. The number of fused-ring (bicyclic) bond motifs is 6. The first-order valence-electron chi connectivity index (χ1n) is 27.3. The second-order valence-corrected chi connectivity index (χ2v) is 26.2. The second-order valence-electron chi connectivity index (χ2n) is 26.2. The summed E-state index contributed by atoms with van der Waals surface area (Å²) in [6, 6.07) is 55.2. The average molecular weight is 997 g/mol. The van der Waals surface area contributed by atoms with Crippen molar-refractivity contribution in [3.8, 4) is 0 Å². The highest BCUT2D eigenvalue weighted by atomic mass is 16.3. The molecule has 10 aromatic carbocycles. The Morgan fingerprint density at radius 2 is 0.684 bits per heavy atom. The van der Waals surface area contributed by atoms with Crippen molar-refractivity contribution in [3.63, 3.8) is 0 Å². The summed E-state index contributed by atoms with van der Waals surface area (Å²) in [6.07, 6.45) is 0. The molecule has 0 radical (unpaired) electrons. The van der Waals surface area contributed by atoms with Gasteiger partial charge in [0.05, 0.1) is 22.7 Å². The summed E-state index contributed by atoms with van der Waals surface area (Å²) in [5, 5.41) is 11.8. The molecular formula is C72H72N2O2. The zero-order chi connectivity index (χ0) is 53.7. The summed E-state index contributed by atoms with van der Waals surface area (Å²) >= 11 is 0. The van der Waals surface area contributed by atoms with Crippen LogP contribution in [-0.2, 0) is 21.7 Å². The van der Waals surface area contributed by atoms with E-state index in [1.807, 2.05) is 0 Å². The van der Waals surface area contributed by atoms with Gasteiger partial charge in [0.2, 0.25) is 0 Å². The number of rotatable bonds is 6. The van der Waals surface area contributed by atoms with Crippen LogP contribution in [0.1, 0.15) is 128 Å². The fourth-order valence-corrected chi connectivity index (χ4v) is 12.0. The monoisotopic (exact) mass is 997 g/mol. The molecule has 0 aliphatic heterocycles. The molecule has 2 heterocycles. The van der Waals surface area contributed by atoms with E-state index in [1.165, 1.54) is 76.8 Å². The van der Waals surface area contributed by atoms with E-state index in [2.05, 4.69) is 266 Å². The van der Waals surface area contributed by atoms with E-state index in [-0.39, 0.29) is 21.7 Å². The molecular weight excluding hydrogens is 925 g/mol. The van der Waals surface area contributed by atoms with Gasteiger partial charge in [0.25, 0.3) is 0 Å². The maximum atomic E-state index is 7.31. The van der Waals surface area contributed by atoms with Crippen LogP contribution >= 0.6 is 0 Å². The molecule has 0 bridgehead atoms. The summed E-state index contributed by atoms with van der Waals surface area (Å²) in [6.45, 7) is 36.5. The van der Waals surface area contributed by atoms with E-state index >= 15 is 0 Å². The predicted molar refractivity (Wildman–Crippen MR) is 328 cm³/mol. The molecule has 0 saturated heterocycles. The molecule has 76 heavy (non-hydrogen) atoms. The van der Waals surface area contributed by atoms with Gasteiger partial charge >= 0.3 is 0 Å². The van der Waals surface area contributed by atoms with E-state index < -0.39 is 0 Å². The molecule has 4 heteroatoms. The SMILES string of the molecule is Cc1ccc(C)c(N(c2ccc3ccc4c(N(c5cc(C)ccc5C)c5cccc6c5oc5c(C(C)(C)C)cc(C(C)(C)C)cc56)ccc5ccc2c3c54)c2cccc3c2oc2c(C(C)(C)C)cc(C(C)(C)C)cc23)c1. The Morgan fingerprint density at radius 3 is 1.05 bits per heavy atom. The molecule has 4 nitrogen and oxygen atoms in total. The van der Waals surface area contributed by atoms with Crippen molar-refractivity contribution in [2.75, 3.05) is 9.80 Å². The molecule has 0 spiro atoms. The maximum absolute atomic E-state index is 7.31. The molecule has 0 atom stereocenters. The van der Waals surface area contributed by atoms with Crippen molar-refractivity contribution in [2.24, 2.45) is 0 Å². The van der Waals surface area contributed by atoms with Crippen LogP contribution in [0.15, 0.2) is 154 Å². The van der Waals surface area contributed by atoms with Crippen LogP contribution in [0.4, 0.5) is 34.1 Å². The third-order valence-electron chi connectivity index (χ3n) is 16.3. The number of hydrogen-bond donors (Lipinski definition) is 0. The fourth-order valence-electron chi connectivity index (χ4n) is 12.0. The van der Waals surface area contributed by atoms with Gasteiger partial charge in [0.15, 0.2) is 11.2 Å².